The molecule has 0 aliphatic rings. The second-order valence-corrected chi connectivity index (χ2v) is 3.20. The van der Waals surface area contributed by atoms with Gasteiger partial charge in [0.1, 0.15) is 0 Å². The smallest absolute Gasteiger partial charge is 0.331 e. The van der Waals surface area contributed by atoms with Crippen LogP contribution in [-0.2, 0) is 4.79 Å². The van der Waals surface area contributed by atoms with Crippen LogP contribution in [0.15, 0.2) is 30.3 Å². The number of carbonyl (C=O) groups excluding carboxylic acids is 1. The van der Waals surface area contributed by atoms with Gasteiger partial charge in [0.25, 0.3) is 0 Å². The average molecular weight is 193 g/mol. The normalized spacial score (nSPS) is 14.4. The molecular weight excluding hydrogens is 182 g/mol. The summed E-state index contributed by atoms with van der Waals surface area (Å²) in [5.74, 6) is -1.92. The van der Waals surface area contributed by atoms with Gasteiger partial charge in [-0.3, -0.25) is 4.79 Å². The van der Waals surface area contributed by atoms with Gasteiger partial charge in [0, 0.05) is 5.56 Å². The molecule has 14 heavy (non-hydrogen) atoms. The number of hydrogen-bond donors (Lipinski definition) is 2. The van der Waals surface area contributed by atoms with Crippen LogP contribution in [0.5, 0.6) is 0 Å². The molecule has 0 heterocycles. The second kappa shape index (κ2) is 3.59. The summed E-state index contributed by atoms with van der Waals surface area (Å²) in [6, 6.07) is 8.13. The third kappa shape index (κ3) is 1.80. The van der Waals surface area contributed by atoms with Gasteiger partial charge in [0.2, 0.25) is 0 Å². The minimum absolute atomic E-state index is 0.305. The minimum atomic E-state index is -1.86. The Hall–Kier alpha value is -1.68. The highest BCUT2D eigenvalue weighted by molar-refractivity contribution is 6.15. The molecule has 0 saturated heterocycles. The zero-order valence-corrected chi connectivity index (χ0v) is 7.73. The van der Waals surface area contributed by atoms with Crippen LogP contribution in [0.1, 0.15) is 17.3 Å². The van der Waals surface area contributed by atoms with E-state index in [1.54, 1.807) is 18.2 Å². The van der Waals surface area contributed by atoms with Crippen LogP contribution in [0.25, 0.3) is 0 Å². The molecule has 0 aliphatic carbocycles. The zero-order chi connectivity index (χ0) is 10.8. The predicted molar refractivity (Wildman–Crippen MR) is 51.0 cm³/mol. The fraction of sp³-hybridized carbons (Fsp3) is 0.200. The monoisotopic (exact) mass is 193 g/mol. The lowest BCUT2D eigenvalue weighted by Gasteiger charge is -2.17. The summed E-state index contributed by atoms with van der Waals surface area (Å²) in [5.41, 5.74) is 3.83. The van der Waals surface area contributed by atoms with Crippen LogP contribution in [0.4, 0.5) is 0 Å². The summed E-state index contributed by atoms with van der Waals surface area (Å²) >= 11 is 0. The van der Waals surface area contributed by atoms with E-state index in [0.717, 1.165) is 0 Å². The van der Waals surface area contributed by atoms with Gasteiger partial charge in [0.15, 0.2) is 11.3 Å². The van der Waals surface area contributed by atoms with E-state index in [1.165, 1.54) is 19.1 Å². The van der Waals surface area contributed by atoms with E-state index >= 15 is 0 Å². The quantitative estimate of drug-likeness (QED) is 0.546. The Balaban J connectivity index is 3.03. The van der Waals surface area contributed by atoms with E-state index in [0.29, 0.717) is 5.56 Å². The molecule has 1 atom stereocenters. The number of carbonyl (C=O) groups is 2. The Morgan fingerprint density at radius 1 is 1.29 bits per heavy atom. The summed E-state index contributed by atoms with van der Waals surface area (Å²) in [6.07, 6.45) is 0. The lowest BCUT2D eigenvalue weighted by Crippen LogP contribution is -2.52. The Morgan fingerprint density at radius 3 is 2.21 bits per heavy atom. The maximum atomic E-state index is 11.6. The summed E-state index contributed by atoms with van der Waals surface area (Å²) < 4.78 is 0. The van der Waals surface area contributed by atoms with Crippen LogP contribution in [0.3, 0.4) is 0 Å². The van der Waals surface area contributed by atoms with Gasteiger partial charge >= 0.3 is 5.97 Å². The highest BCUT2D eigenvalue weighted by Crippen LogP contribution is 2.10. The molecule has 1 aromatic rings. The van der Waals surface area contributed by atoms with Gasteiger partial charge in [-0.1, -0.05) is 30.3 Å². The molecule has 74 valence electrons. The van der Waals surface area contributed by atoms with Crippen LogP contribution < -0.4 is 5.73 Å². The van der Waals surface area contributed by atoms with Crippen molar-refractivity contribution >= 4 is 11.8 Å². The van der Waals surface area contributed by atoms with Crippen molar-refractivity contribution in [2.45, 2.75) is 12.5 Å². The van der Waals surface area contributed by atoms with Crippen molar-refractivity contribution in [1.29, 1.82) is 0 Å². The molecule has 0 saturated carbocycles. The number of carboxylic acid groups (broad SMARTS) is 1. The van der Waals surface area contributed by atoms with Gasteiger partial charge in [-0.2, -0.15) is 0 Å². The van der Waals surface area contributed by atoms with Gasteiger partial charge in [-0.25, -0.2) is 4.79 Å². The highest BCUT2D eigenvalue weighted by atomic mass is 16.4. The number of benzene rings is 1. The molecule has 0 aliphatic heterocycles. The van der Waals surface area contributed by atoms with Crippen LogP contribution in [-0.4, -0.2) is 22.4 Å². The molecule has 1 rings (SSSR count). The first-order chi connectivity index (χ1) is 6.46. The maximum absolute atomic E-state index is 11.6. The third-order valence-corrected chi connectivity index (χ3v) is 1.95. The summed E-state index contributed by atoms with van der Waals surface area (Å²) in [7, 11) is 0. The van der Waals surface area contributed by atoms with Crippen LogP contribution in [0, 0.1) is 0 Å². The van der Waals surface area contributed by atoms with Crippen molar-refractivity contribution in [2.24, 2.45) is 5.73 Å². The van der Waals surface area contributed by atoms with E-state index in [1.807, 2.05) is 0 Å². The van der Waals surface area contributed by atoms with Crippen molar-refractivity contribution in [3.05, 3.63) is 35.9 Å². The minimum Gasteiger partial charge on any atom is -0.480 e. The van der Waals surface area contributed by atoms with E-state index < -0.39 is 17.3 Å². The molecular formula is C10H11NO3. The van der Waals surface area contributed by atoms with Crippen molar-refractivity contribution in [3.63, 3.8) is 0 Å². The number of ketones is 1. The Labute approximate surface area is 81.3 Å². The molecule has 0 fully saturated rings. The van der Waals surface area contributed by atoms with Crippen molar-refractivity contribution < 1.29 is 14.7 Å². The molecule has 4 nitrogen and oxygen atoms in total. The SMILES string of the molecule is C[C@@](N)(C(=O)O)C(=O)c1ccccc1. The van der Waals surface area contributed by atoms with E-state index in [4.69, 9.17) is 10.8 Å². The van der Waals surface area contributed by atoms with E-state index in [9.17, 15) is 9.59 Å². The Kier molecular flexibility index (Phi) is 2.67. The molecule has 0 radical (unpaired) electrons. The van der Waals surface area contributed by atoms with Crippen LogP contribution in [0.2, 0.25) is 0 Å². The first kappa shape index (κ1) is 10.4. The van der Waals surface area contributed by atoms with Crippen molar-refractivity contribution in [3.8, 4) is 0 Å². The molecule has 1 aromatic carbocycles. The highest BCUT2D eigenvalue weighted by Gasteiger charge is 2.37. The van der Waals surface area contributed by atoms with E-state index in [-0.39, 0.29) is 0 Å². The second-order valence-electron chi connectivity index (χ2n) is 3.20. The average Bonchev–Trinajstić information content (AvgIpc) is 2.17. The van der Waals surface area contributed by atoms with Crippen molar-refractivity contribution in [2.75, 3.05) is 0 Å². The summed E-state index contributed by atoms with van der Waals surface area (Å²) in [6.45, 7) is 1.19. The molecule has 0 amide bonds. The fourth-order valence-electron chi connectivity index (χ4n) is 0.986. The molecule has 0 spiro atoms. The number of rotatable bonds is 3. The van der Waals surface area contributed by atoms with Gasteiger partial charge in [-0.15, -0.1) is 0 Å². The number of aliphatic carboxylic acids is 1. The third-order valence-electron chi connectivity index (χ3n) is 1.95. The first-order valence-electron chi connectivity index (χ1n) is 4.08. The maximum Gasteiger partial charge on any atom is 0.331 e. The fourth-order valence-corrected chi connectivity index (χ4v) is 0.986. The van der Waals surface area contributed by atoms with Gasteiger partial charge in [-0.05, 0) is 6.92 Å². The first-order valence-corrected chi connectivity index (χ1v) is 4.08. The number of Topliss-reactive ketones (excluding diaryl/α,β-unsaturated/α-hetero) is 1. The molecule has 0 aromatic heterocycles. The molecule has 0 bridgehead atoms. The summed E-state index contributed by atoms with van der Waals surface area (Å²) in [4.78, 5) is 22.3. The lowest BCUT2D eigenvalue weighted by atomic mass is 9.92. The Morgan fingerprint density at radius 2 is 1.79 bits per heavy atom. The standard InChI is InChI=1S/C10H11NO3/c1-10(11,9(13)14)8(12)7-5-3-2-4-6-7/h2-6H,11H2,1H3,(H,13,14)/t10-/m0/s1. The van der Waals surface area contributed by atoms with Crippen molar-refractivity contribution in [1.82, 2.24) is 0 Å². The van der Waals surface area contributed by atoms with E-state index in [2.05, 4.69) is 0 Å². The number of hydrogen-bond acceptors (Lipinski definition) is 3. The number of nitrogens with two attached hydrogens (primary N) is 1. The van der Waals surface area contributed by atoms with Gasteiger partial charge < -0.3 is 10.8 Å². The molecule has 4 heteroatoms. The zero-order valence-electron chi connectivity index (χ0n) is 7.73. The van der Waals surface area contributed by atoms with Gasteiger partial charge in [0.05, 0.1) is 0 Å². The lowest BCUT2D eigenvalue weighted by molar-refractivity contribution is -0.140. The predicted octanol–water partition coefficient (Wildman–Crippen LogP) is 0.671. The number of carboxylic acids is 1. The molecule has 3 N–H and O–H groups in total. The molecule has 0 unspecified atom stereocenters. The largest absolute Gasteiger partial charge is 0.480 e. The Bertz CT molecular complexity index is 357. The topological polar surface area (TPSA) is 80.4 Å². The summed E-state index contributed by atoms with van der Waals surface area (Å²) in [5, 5.41) is 8.73. The van der Waals surface area contributed by atoms with Crippen LogP contribution >= 0.6 is 0 Å².